The van der Waals surface area contributed by atoms with E-state index in [1.165, 1.54) is 0 Å². The van der Waals surface area contributed by atoms with Crippen molar-refractivity contribution in [2.45, 2.75) is 32.0 Å². The molecule has 28 heavy (non-hydrogen) atoms. The van der Waals surface area contributed by atoms with E-state index in [9.17, 15) is 9.90 Å². The van der Waals surface area contributed by atoms with Crippen LogP contribution < -0.4 is 14.2 Å². The lowest BCUT2D eigenvalue weighted by atomic mass is 9.78. The van der Waals surface area contributed by atoms with Crippen molar-refractivity contribution in [2.24, 2.45) is 11.8 Å². The number of hydrogen-bond acceptors (Lipinski definition) is 6. The van der Waals surface area contributed by atoms with Crippen LogP contribution in [0.3, 0.4) is 0 Å². The molecule has 3 aliphatic rings. The first kappa shape index (κ1) is 17.8. The first-order valence-electron chi connectivity index (χ1n) is 9.67. The van der Waals surface area contributed by atoms with Gasteiger partial charge in [0.1, 0.15) is 11.9 Å². The second-order valence-corrected chi connectivity index (χ2v) is 9.14. The molecule has 1 aromatic carbocycles. The van der Waals surface area contributed by atoms with Crippen molar-refractivity contribution in [2.75, 3.05) is 19.9 Å². The van der Waals surface area contributed by atoms with E-state index >= 15 is 0 Å². The predicted octanol–water partition coefficient (Wildman–Crippen LogP) is 3.08. The monoisotopic (exact) mass is 401 g/mol. The van der Waals surface area contributed by atoms with Crippen LogP contribution in [0.2, 0.25) is 0 Å². The molecule has 0 radical (unpaired) electrons. The number of ether oxygens (including phenoxy) is 3. The highest BCUT2D eigenvalue weighted by atomic mass is 32.1. The van der Waals surface area contributed by atoms with Crippen LogP contribution in [0.15, 0.2) is 30.3 Å². The largest absolute Gasteiger partial charge is 0.488 e. The summed E-state index contributed by atoms with van der Waals surface area (Å²) in [6.07, 6.45) is 0.590. The Labute approximate surface area is 167 Å². The molecule has 5 rings (SSSR count). The fourth-order valence-electron chi connectivity index (χ4n) is 4.51. The summed E-state index contributed by atoms with van der Waals surface area (Å²) < 4.78 is 16.8. The summed E-state index contributed by atoms with van der Waals surface area (Å²) in [5, 5.41) is 10.6. The van der Waals surface area contributed by atoms with Gasteiger partial charge in [-0.25, -0.2) is 0 Å². The lowest BCUT2D eigenvalue weighted by molar-refractivity contribution is -0.0232. The number of fused-ring (bicyclic) bond motifs is 2. The summed E-state index contributed by atoms with van der Waals surface area (Å²) >= 11 is 1.54. The van der Waals surface area contributed by atoms with E-state index in [1.54, 1.807) is 11.3 Å². The van der Waals surface area contributed by atoms with Gasteiger partial charge in [-0.2, -0.15) is 0 Å². The van der Waals surface area contributed by atoms with Crippen LogP contribution in [0.1, 0.15) is 27.4 Å². The molecule has 6 nitrogen and oxygen atoms in total. The molecule has 1 aromatic heterocycles. The van der Waals surface area contributed by atoms with Crippen LogP contribution in [-0.4, -0.2) is 48.0 Å². The van der Waals surface area contributed by atoms with Crippen LogP contribution in [0.5, 0.6) is 17.2 Å². The van der Waals surface area contributed by atoms with Crippen molar-refractivity contribution in [3.63, 3.8) is 0 Å². The Morgan fingerprint density at radius 2 is 1.93 bits per heavy atom. The summed E-state index contributed by atoms with van der Waals surface area (Å²) in [5.74, 6) is 2.85. The maximum Gasteiger partial charge on any atom is 0.263 e. The van der Waals surface area contributed by atoms with E-state index in [1.807, 2.05) is 42.2 Å². The van der Waals surface area contributed by atoms with Gasteiger partial charge in [0.05, 0.1) is 11.0 Å². The van der Waals surface area contributed by atoms with E-state index in [-0.39, 0.29) is 18.8 Å². The van der Waals surface area contributed by atoms with Crippen molar-refractivity contribution < 1.29 is 24.1 Å². The SMILES string of the molecule is Cc1ccc(C(=O)N2C[C@H]3C[C@@H](Oc4ccc5c(c4)OCO5)[C@H](O)C[C@H]3C2)s1. The van der Waals surface area contributed by atoms with Crippen molar-refractivity contribution >= 4 is 17.2 Å². The molecule has 4 atom stereocenters. The third-order valence-corrected chi connectivity index (χ3v) is 6.94. The number of aliphatic hydroxyl groups excluding tert-OH is 1. The Morgan fingerprint density at radius 3 is 2.71 bits per heavy atom. The zero-order valence-electron chi connectivity index (χ0n) is 15.7. The summed E-state index contributed by atoms with van der Waals surface area (Å²) in [6.45, 7) is 3.68. The van der Waals surface area contributed by atoms with Crippen molar-refractivity contribution in [3.05, 3.63) is 40.1 Å². The lowest BCUT2D eigenvalue weighted by Gasteiger charge is -2.35. The fourth-order valence-corrected chi connectivity index (χ4v) is 5.35. The van der Waals surface area contributed by atoms with Crippen LogP contribution >= 0.6 is 11.3 Å². The molecular formula is C21H23NO5S. The van der Waals surface area contributed by atoms with Gasteiger partial charge in [-0.05, 0) is 55.9 Å². The van der Waals surface area contributed by atoms with Crippen LogP contribution in [0.25, 0.3) is 0 Å². The number of amides is 1. The highest BCUT2D eigenvalue weighted by Crippen LogP contribution is 2.40. The Morgan fingerprint density at radius 1 is 1.14 bits per heavy atom. The summed E-state index contributed by atoms with van der Waals surface area (Å²) in [5.41, 5.74) is 0. The Balaban J connectivity index is 1.25. The van der Waals surface area contributed by atoms with E-state index < -0.39 is 6.10 Å². The zero-order valence-corrected chi connectivity index (χ0v) is 16.5. The molecule has 1 amide bonds. The van der Waals surface area contributed by atoms with Crippen molar-refractivity contribution in [1.82, 2.24) is 4.90 Å². The smallest absolute Gasteiger partial charge is 0.263 e. The van der Waals surface area contributed by atoms with Gasteiger partial charge in [0.15, 0.2) is 11.5 Å². The molecule has 2 fully saturated rings. The maximum absolute atomic E-state index is 12.8. The average molecular weight is 401 g/mol. The first-order valence-corrected chi connectivity index (χ1v) is 10.5. The standard InChI is InChI=1S/C21H23NO5S/c1-12-2-5-20(28-12)21(24)22-9-13-6-16(23)18(7-14(13)10-22)27-15-3-4-17-19(8-15)26-11-25-17/h2-5,8,13-14,16,18,23H,6-7,9-11H2,1H3/t13-,14+,16+,18+/m0/s1. The molecule has 2 aliphatic heterocycles. The Bertz CT molecular complexity index is 897. The van der Waals surface area contributed by atoms with Gasteiger partial charge in [0.25, 0.3) is 5.91 Å². The molecular weight excluding hydrogens is 378 g/mol. The van der Waals surface area contributed by atoms with Gasteiger partial charge in [0, 0.05) is 24.0 Å². The summed E-state index contributed by atoms with van der Waals surface area (Å²) in [7, 11) is 0. The van der Waals surface area contributed by atoms with E-state index in [2.05, 4.69) is 0 Å². The van der Waals surface area contributed by atoms with Gasteiger partial charge in [-0.15, -0.1) is 11.3 Å². The van der Waals surface area contributed by atoms with Crippen molar-refractivity contribution in [1.29, 1.82) is 0 Å². The molecule has 3 heterocycles. The second kappa shape index (κ2) is 6.97. The zero-order chi connectivity index (χ0) is 19.3. The maximum atomic E-state index is 12.8. The first-order chi connectivity index (χ1) is 13.6. The molecule has 0 unspecified atom stereocenters. The lowest BCUT2D eigenvalue weighted by Crippen LogP contribution is -2.42. The molecule has 1 saturated carbocycles. The number of likely N-dealkylation sites (tertiary alicyclic amines) is 1. The number of aliphatic hydroxyl groups is 1. The van der Waals surface area contributed by atoms with Gasteiger partial charge in [0.2, 0.25) is 6.79 Å². The van der Waals surface area contributed by atoms with Gasteiger partial charge < -0.3 is 24.2 Å². The second-order valence-electron chi connectivity index (χ2n) is 7.85. The molecule has 2 aromatic rings. The topological polar surface area (TPSA) is 68.2 Å². The Kier molecular flexibility index (Phi) is 4.44. The third kappa shape index (κ3) is 3.22. The molecule has 0 spiro atoms. The Hall–Kier alpha value is -2.25. The number of rotatable bonds is 3. The summed E-state index contributed by atoms with van der Waals surface area (Å²) in [4.78, 5) is 16.7. The van der Waals surface area contributed by atoms with Gasteiger partial charge in [-0.3, -0.25) is 4.79 Å². The number of benzene rings is 1. The molecule has 1 aliphatic carbocycles. The number of nitrogens with zero attached hydrogens (tertiary/aromatic N) is 1. The predicted molar refractivity (Wildman–Crippen MR) is 104 cm³/mol. The van der Waals surface area contributed by atoms with Crippen LogP contribution in [0, 0.1) is 18.8 Å². The molecule has 148 valence electrons. The van der Waals surface area contributed by atoms with E-state index in [0.29, 0.717) is 42.0 Å². The van der Waals surface area contributed by atoms with E-state index in [4.69, 9.17) is 14.2 Å². The normalized spacial score (nSPS) is 28.3. The van der Waals surface area contributed by atoms with Gasteiger partial charge >= 0.3 is 0 Å². The highest BCUT2D eigenvalue weighted by molar-refractivity contribution is 7.13. The van der Waals surface area contributed by atoms with Gasteiger partial charge in [-0.1, -0.05) is 0 Å². The molecule has 7 heteroatoms. The highest BCUT2D eigenvalue weighted by Gasteiger charge is 2.44. The number of carbonyl (C=O) groups is 1. The quantitative estimate of drug-likeness (QED) is 0.856. The van der Waals surface area contributed by atoms with E-state index in [0.717, 1.165) is 22.7 Å². The average Bonchev–Trinajstić information content (AvgIpc) is 3.40. The molecule has 1 N–H and O–H groups in total. The number of thiophene rings is 1. The minimum absolute atomic E-state index is 0.107. The minimum atomic E-state index is -0.536. The summed E-state index contributed by atoms with van der Waals surface area (Å²) in [6, 6.07) is 9.38. The number of aryl methyl sites for hydroxylation is 1. The third-order valence-electron chi connectivity index (χ3n) is 5.95. The van der Waals surface area contributed by atoms with Crippen LogP contribution in [0.4, 0.5) is 0 Å². The fraction of sp³-hybridized carbons (Fsp3) is 0.476. The van der Waals surface area contributed by atoms with Crippen LogP contribution in [-0.2, 0) is 0 Å². The molecule has 0 bridgehead atoms. The minimum Gasteiger partial charge on any atom is -0.488 e. The number of carbonyl (C=O) groups excluding carboxylic acids is 1. The number of hydrogen-bond donors (Lipinski definition) is 1. The van der Waals surface area contributed by atoms with Crippen molar-refractivity contribution in [3.8, 4) is 17.2 Å². The molecule has 1 saturated heterocycles.